The summed E-state index contributed by atoms with van der Waals surface area (Å²) in [5.74, 6) is 0.823. The summed E-state index contributed by atoms with van der Waals surface area (Å²) < 4.78 is 11.3. The van der Waals surface area contributed by atoms with Gasteiger partial charge in [-0.25, -0.2) is 0 Å². The fraction of sp³-hybridized carbons (Fsp3) is 0.455. The first-order valence-electron chi connectivity index (χ1n) is 4.82. The Morgan fingerprint density at radius 2 is 2.13 bits per heavy atom. The average molecular weight is 274 g/mol. The Hall–Kier alpha value is -0.580. The van der Waals surface area contributed by atoms with Crippen molar-refractivity contribution in [2.45, 2.75) is 13.0 Å². The molecule has 0 aliphatic heterocycles. The monoisotopic (exact) mass is 273 g/mol. The van der Waals surface area contributed by atoms with E-state index in [1.807, 2.05) is 25.1 Å². The van der Waals surface area contributed by atoms with Crippen LogP contribution in [0.2, 0.25) is 0 Å². The van der Waals surface area contributed by atoms with Crippen LogP contribution in [-0.4, -0.2) is 20.3 Å². The van der Waals surface area contributed by atoms with Crippen LogP contribution in [-0.2, 0) is 4.74 Å². The van der Waals surface area contributed by atoms with Gasteiger partial charge < -0.3 is 15.2 Å². The zero-order valence-corrected chi connectivity index (χ0v) is 10.6. The van der Waals surface area contributed by atoms with Gasteiger partial charge in [0.15, 0.2) is 0 Å². The molecule has 84 valence electrons. The van der Waals surface area contributed by atoms with Crippen LogP contribution < -0.4 is 10.5 Å². The number of methoxy groups -OCH3 is 1. The molecule has 0 spiro atoms. The van der Waals surface area contributed by atoms with E-state index < -0.39 is 0 Å². The van der Waals surface area contributed by atoms with Gasteiger partial charge in [0.2, 0.25) is 0 Å². The molecule has 0 unspecified atom stereocenters. The van der Waals surface area contributed by atoms with Crippen molar-refractivity contribution in [2.75, 3.05) is 20.3 Å². The second-order valence-corrected chi connectivity index (χ2v) is 4.17. The van der Waals surface area contributed by atoms with E-state index in [0.29, 0.717) is 13.2 Å². The van der Waals surface area contributed by atoms with Gasteiger partial charge in [-0.05, 0) is 24.6 Å². The number of benzene rings is 1. The fourth-order valence-electron chi connectivity index (χ4n) is 1.21. The van der Waals surface area contributed by atoms with E-state index in [0.717, 1.165) is 15.8 Å². The zero-order chi connectivity index (χ0) is 11.3. The van der Waals surface area contributed by atoms with Gasteiger partial charge in [-0.15, -0.1) is 0 Å². The molecule has 0 fully saturated rings. The normalized spacial score (nSPS) is 12.5. The summed E-state index contributed by atoms with van der Waals surface area (Å²) in [5, 5.41) is 0. The van der Waals surface area contributed by atoms with Crippen LogP contribution in [0.1, 0.15) is 18.5 Å². The van der Waals surface area contributed by atoms with Crippen molar-refractivity contribution in [3.63, 3.8) is 0 Å². The third-order valence-electron chi connectivity index (χ3n) is 2.02. The van der Waals surface area contributed by atoms with E-state index in [-0.39, 0.29) is 6.04 Å². The maximum absolute atomic E-state index is 5.80. The van der Waals surface area contributed by atoms with Gasteiger partial charge in [-0.1, -0.05) is 22.0 Å². The molecule has 1 rings (SSSR count). The van der Waals surface area contributed by atoms with E-state index in [1.165, 1.54) is 0 Å². The van der Waals surface area contributed by atoms with Crippen molar-refractivity contribution in [1.82, 2.24) is 0 Å². The largest absolute Gasteiger partial charge is 0.491 e. The third-order valence-corrected chi connectivity index (χ3v) is 2.71. The van der Waals surface area contributed by atoms with Gasteiger partial charge in [0.25, 0.3) is 0 Å². The summed E-state index contributed by atoms with van der Waals surface area (Å²) in [6.07, 6.45) is 0. The van der Waals surface area contributed by atoms with E-state index in [2.05, 4.69) is 15.9 Å². The van der Waals surface area contributed by atoms with Crippen LogP contribution >= 0.6 is 15.9 Å². The summed E-state index contributed by atoms with van der Waals surface area (Å²) in [5.41, 5.74) is 6.87. The Morgan fingerprint density at radius 1 is 1.40 bits per heavy atom. The number of halogens is 1. The molecule has 2 N–H and O–H groups in total. The lowest BCUT2D eigenvalue weighted by Crippen LogP contribution is -2.07. The van der Waals surface area contributed by atoms with Crippen LogP contribution in [0.5, 0.6) is 5.75 Å². The summed E-state index contributed by atoms with van der Waals surface area (Å²) in [4.78, 5) is 0. The third kappa shape index (κ3) is 3.81. The number of hydrogen-bond acceptors (Lipinski definition) is 3. The van der Waals surface area contributed by atoms with Gasteiger partial charge in [0.1, 0.15) is 12.4 Å². The van der Waals surface area contributed by atoms with Gasteiger partial charge in [0, 0.05) is 17.6 Å². The minimum absolute atomic E-state index is 0.0207. The first-order valence-corrected chi connectivity index (χ1v) is 5.61. The summed E-state index contributed by atoms with van der Waals surface area (Å²) in [7, 11) is 1.65. The molecule has 15 heavy (non-hydrogen) atoms. The van der Waals surface area contributed by atoms with Gasteiger partial charge in [-0.3, -0.25) is 0 Å². The van der Waals surface area contributed by atoms with E-state index in [1.54, 1.807) is 7.11 Å². The topological polar surface area (TPSA) is 44.5 Å². The SMILES string of the molecule is COCCOc1ccc([C@H](C)N)c(Br)c1. The Morgan fingerprint density at radius 3 is 2.67 bits per heavy atom. The van der Waals surface area contributed by atoms with Crippen molar-refractivity contribution in [2.24, 2.45) is 5.73 Å². The molecule has 0 aromatic heterocycles. The van der Waals surface area contributed by atoms with Crippen molar-refractivity contribution in [3.8, 4) is 5.75 Å². The smallest absolute Gasteiger partial charge is 0.120 e. The maximum Gasteiger partial charge on any atom is 0.120 e. The van der Waals surface area contributed by atoms with Crippen LogP contribution in [0.15, 0.2) is 22.7 Å². The molecule has 0 aliphatic carbocycles. The predicted molar refractivity (Wildman–Crippen MR) is 64.1 cm³/mol. The average Bonchev–Trinajstić information content (AvgIpc) is 2.17. The molecule has 3 nitrogen and oxygen atoms in total. The Kier molecular flexibility index (Phi) is 5.08. The molecule has 0 aliphatic rings. The van der Waals surface area contributed by atoms with Gasteiger partial charge in [-0.2, -0.15) is 0 Å². The standard InChI is InChI=1S/C11H16BrNO2/c1-8(13)10-4-3-9(7-11(10)12)15-6-5-14-2/h3-4,7-8H,5-6,13H2,1-2H3/t8-/m0/s1. The lowest BCUT2D eigenvalue weighted by atomic mass is 10.1. The molecule has 0 bridgehead atoms. The minimum atomic E-state index is 0.0207. The first-order chi connectivity index (χ1) is 7.15. The molecular weight excluding hydrogens is 258 g/mol. The molecule has 0 radical (unpaired) electrons. The highest BCUT2D eigenvalue weighted by Gasteiger charge is 2.05. The van der Waals surface area contributed by atoms with E-state index in [4.69, 9.17) is 15.2 Å². The van der Waals surface area contributed by atoms with Crippen LogP contribution in [0.25, 0.3) is 0 Å². The molecule has 1 aromatic carbocycles. The summed E-state index contributed by atoms with van der Waals surface area (Å²) >= 11 is 3.47. The molecule has 1 aromatic rings. The lowest BCUT2D eigenvalue weighted by molar-refractivity contribution is 0.146. The van der Waals surface area contributed by atoms with Crippen LogP contribution in [0.4, 0.5) is 0 Å². The van der Waals surface area contributed by atoms with Crippen molar-refractivity contribution >= 4 is 15.9 Å². The Bertz CT molecular complexity index is 315. The Labute approximate surface area is 98.7 Å². The first kappa shape index (κ1) is 12.5. The highest BCUT2D eigenvalue weighted by Crippen LogP contribution is 2.26. The second kappa shape index (κ2) is 6.10. The molecular formula is C11H16BrNO2. The second-order valence-electron chi connectivity index (χ2n) is 3.31. The van der Waals surface area contributed by atoms with Crippen molar-refractivity contribution in [3.05, 3.63) is 28.2 Å². The summed E-state index contributed by atoms with van der Waals surface area (Å²) in [6.45, 7) is 3.10. The highest BCUT2D eigenvalue weighted by atomic mass is 79.9. The zero-order valence-electron chi connectivity index (χ0n) is 9.00. The molecule has 4 heteroatoms. The molecule has 0 saturated carbocycles. The molecule has 0 amide bonds. The van der Waals surface area contributed by atoms with Crippen LogP contribution in [0, 0.1) is 0 Å². The highest BCUT2D eigenvalue weighted by molar-refractivity contribution is 9.10. The molecule has 0 heterocycles. The minimum Gasteiger partial charge on any atom is -0.491 e. The number of hydrogen-bond donors (Lipinski definition) is 1. The molecule has 1 atom stereocenters. The lowest BCUT2D eigenvalue weighted by Gasteiger charge is -2.11. The van der Waals surface area contributed by atoms with E-state index >= 15 is 0 Å². The van der Waals surface area contributed by atoms with Crippen LogP contribution in [0.3, 0.4) is 0 Å². The maximum atomic E-state index is 5.80. The van der Waals surface area contributed by atoms with Gasteiger partial charge >= 0.3 is 0 Å². The Balaban J connectivity index is 2.65. The number of rotatable bonds is 5. The quantitative estimate of drug-likeness (QED) is 0.839. The van der Waals surface area contributed by atoms with Crippen molar-refractivity contribution < 1.29 is 9.47 Å². The predicted octanol–water partition coefficient (Wildman–Crippen LogP) is 2.49. The van der Waals surface area contributed by atoms with Crippen molar-refractivity contribution in [1.29, 1.82) is 0 Å². The number of nitrogens with two attached hydrogens (primary N) is 1. The molecule has 0 saturated heterocycles. The van der Waals surface area contributed by atoms with E-state index in [9.17, 15) is 0 Å². The fourth-order valence-corrected chi connectivity index (χ4v) is 1.93. The summed E-state index contributed by atoms with van der Waals surface area (Å²) in [6, 6.07) is 5.83. The van der Waals surface area contributed by atoms with Gasteiger partial charge in [0.05, 0.1) is 6.61 Å². The number of ether oxygens (including phenoxy) is 2.